The molecule has 0 aliphatic rings. The molecule has 66 valence electrons. The van der Waals surface area contributed by atoms with Gasteiger partial charge in [0.15, 0.2) is 0 Å². The van der Waals surface area contributed by atoms with Crippen LogP contribution >= 0.6 is 0 Å². The highest BCUT2D eigenvalue weighted by atomic mass is 16.1. The summed E-state index contributed by atoms with van der Waals surface area (Å²) < 4.78 is 1.66. The number of aryl methyl sites for hydroxylation is 1. The molecule has 0 aliphatic carbocycles. The molecule has 3 heteroatoms. The van der Waals surface area contributed by atoms with Gasteiger partial charge in [-0.25, -0.2) is 4.98 Å². The highest BCUT2D eigenvalue weighted by Gasteiger charge is 1.99. The Hall–Kier alpha value is -1.64. The zero-order valence-electron chi connectivity index (χ0n) is 7.40. The summed E-state index contributed by atoms with van der Waals surface area (Å²) in [7, 11) is 0. The van der Waals surface area contributed by atoms with Crippen molar-refractivity contribution < 1.29 is 0 Å². The summed E-state index contributed by atoms with van der Waals surface area (Å²) in [6, 6.07) is 7.20. The molecular formula is C10H10N2O. The second-order valence-electron chi connectivity index (χ2n) is 2.83. The van der Waals surface area contributed by atoms with Crippen LogP contribution in [0.2, 0.25) is 0 Å². The van der Waals surface area contributed by atoms with Crippen LogP contribution in [0.1, 0.15) is 6.92 Å². The molecule has 0 atom stereocenters. The number of fused-ring (bicyclic) bond motifs is 1. The van der Waals surface area contributed by atoms with Gasteiger partial charge in [-0.05, 0) is 25.1 Å². The van der Waals surface area contributed by atoms with Gasteiger partial charge in [-0.3, -0.25) is 9.36 Å². The zero-order valence-corrected chi connectivity index (χ0v) is 7.40. The van der Waals surface area contributed by atoms with Crippen LogP contribution in [0.4, 0.5) is 0 Å². The summed E-state index contributed by atoms with van der Waals surface area (Å²) >= 11 is 0. The van der Waals surface area contributed by atoms with Gasteiger partial charge in [-0.1, -0.05) is 0 Å². The van der Waals surface area contributed by atoms with Crippen LogP contribution in [0.3, 0.4) is 0 Å². The van der Waals surface area contributed by atoms with E-state index in [9.17, 15) is 4.79 Å². The molecule has 2 aromatic heterocycles. The molecule has 0 bridgehead atoms. The Kier molecular flexibility index (Phi) is 1.85. The number of rotatable bonds is 1. The fourth-order valence-corrected chi connectivity index (χ4v) is 1.43. The van der Waals surface area contributed by atoms with E-state index in [-0.39, 0.29) is 5.56 Å². The molecule has 0 fully saturated rings. The van der Waals surface area contributed by atoms with E-state index < -0.39 is 0 Å². The minimum absolute atomic E-state index is 0.00806. The highest BCUT2D eigenvalue weighted by Crippen LogP contribution is 2.06. The lowest BCUT2D eigenvalue weighted by Gasteiger charge is -2.04. The first kappa shape index (κ1) is 7.98. The number of pyridine rings is 2. The van der Waals surface area contributed by atoms with Crippen LogP contribution < -0.4 is 5.56 Å². The fraction of sp³-hybridized carbons (Fsp3) is 0.200. The van der Waals surface area contributed by atoms with E-state index in [4.69, 9.17) is 0 Å². The van der Waals surface area contributed by atoms with Gasteiger partial charge in [0.05, 0.1) is 0 Å². The van der Waals surface area contributed by atoms with Crippen LogP contribution in [0.15, 0.2) is 35.3 Å². The second kappa shape index (κ2) is 3.01. The Morgan fingerprint density at radius 1 is 1.38 bits per heavy atom. The van der Waals surface area contributed by atoms with Gasteiger partial charge in [0.2, 0.25) is 0 Å². The average molecular weight is 174 g/mol. The van der Waals surface area contributed by atoms with Crippen molar-refractivity contribution in [2.75, 3.05) is 0 Å². The Morgan fingerprint density at radius 2 is 2.23 bits per heavy atom. The lowest BCUT2D eigenvalue weighted by atomic mass is 10.3. The molecule has 0 N–H and O–H groups in total. The quantitative estimate of drug-likeness (QED) is 0.655. The van der Waals surface area contributed by atoms with Gasteiger partial charge in [0, 0.05) is 24.2 Å². The summed E-state index contributed by atoms with van der Waals surface area (Å²) in [5.74, 6) is 0. The third-order valence-electron chi connectivity index (χ3n) is 2.06. The molecule has 2 heterocycles. The van der Waals surface area contributed by atoms with Crippen molar-refractivity contribution in [3.8, 4) is 0 Å². The lowest BCUT2D eigenvalue weighted by Crippen LogP contribution is -2.18. The Labute approximate surface area is 75.7 Å². The van der Waals surface area contributed by atoms with E-state index in [1.807, 2.05) is 19.1 Å². The molecule has 0 unspecified atom stereocenters. The van der Waals surface area contributed by atoms with Crippen LogP contribution in [-0.4, -0.2) is 9.55 Å². The predicted molar refractivity (Wildman–Crippen MR) is 51.7 cm³/mol. The fourth-order valence-electron chi connectivity index (χ4n) is 1.43. The van der Waals surface area contributed by atoms with E-state index in [0.717, 1.165) is 11.0 Å². The number of hydrogen-bond donors (Lipinski definition) is 0. The van der Waals surface area contributed by atoms with Crippen LogP contribution in [0.5, 0.6) is 0 Å². The van der Waals surface area contributed by atoms with E-state index in [0.29, 0.717) is 6.54 Å². The van der Waals surface area contributed by atoms with E-state index in [1.165, 1.54) is 0 Å². The van der Waals surface area contributed by atoms with E-state index in [1.54, 1.807) is 22.9 Å². The highest BCUT2D eigenvalue weighted by molar-refractivity contribution is 5.74. The molecule has 0 spiro atoms. The molecule has 0 amide bonds. The topological polar surface area (TPSA) is 34.9 Å². The maximum atomic E-state index is 11.4. The molecule has 13 heavy (non-hydrogen) atoms. The van der Waals surface area contributed by atoms with Gasteiger partial charge in [-0.15, -0.1) is 0 Å². The van der Waals surface area contributed by atoms with Crippen LogP contribution in [-0.2, 0) is 6.54 Å². The number of aromatic nitrogens is 2. The standard InChI is InChI=1S/C10H10N2O/c1-2-12-9(13)6-5-8-4-3-7-11-10(8)12/h3-7H,2H2,1H3. The second-order valence-corrected chi connectivity index (χ2v) is 2.83. The van der Waals surface area contributed by atoms with Crippen molar-refractivity contribution in [2.45, 2.75) is 13.5 Å². The molecule has 3 nitrogen and oxygen atoms in total. The Morgan fingerprint density at radius 3 is 3.00 bits per heavy atom. The third-order valence-corrected chi connectivity index (χ3v) is 2.06. The summed E-state index contributed by atoms with van der Waals surface area (Å²) in [5, 5.41) is 1.00. The molecule has 2 aromatic rings. The molecule has 2 rings (SSSR count). The number of nitrogens with zero attached hydrogens (tertiary/aromatic N) is 2. The van der Waals surface area contributed by atoms with Crippen molar-refractivity contribution >= 4 is 11.0 Å². The van der Waals surface area contributed by atoms with Crippen molar-refractivity contribution in [3.63, 3.8) is 0 Å². The summed E-state index contributed by atoms with van der Waals surface area (Å²) in [5.41, 5.74) is 0.770. The van der Waals surface area contributed by atoms with Gasteiger partial charge in [0.1, 0.15) is 5.65 Å². The van der Waals surface area contributed by atoms with Gasteiger partial charge in [0.25, 0.3) is 5.56 Å². The molecule has 0 saturated carbocycles. The van der Waals surface area contributed by atoms with E-state index >= 15 is 0 Å². The maximum Gasteiger partial charge on any atom is 0.252 e. The third kappa shape index (κ3) is 1.22. The van der Waals surface area contributed by atoms with Gasteiger partial charge >= 0.3 is 0 Å². The summed E-state index contributed by atoms with van der Waals surface area (Å²) in [6.07, 6.45) is 1.70. The Bertz CT molecular complexity index is 487. The zero-order chi connectivity index (χ0) is 9.26. The minimum atomic E-state index is 0.00806. The van der Waals surface area contributed by atoms with E-state index in [2.05, 4.69) is 4.98 Å². The molecule has 0 saturated heterocycles. The van der Waals surface area contributed by atoms with Crippen molar-refractivity contribution in [2.24, 2.45) is 0 Å². The monoisotopic (exact) mass is 174 g/mol. The minimum Gasteiger partial charge on any atom is -0.293 e. The molecule has 0 aliphatic heterocycles. The first-order valence-corrected chi connectivity index (χ1v) is 4.27. The molecular weight excluding hydrogens is 164 g/mol. The first-order chi connectivity index (χ1) is 6.33. The summed E-state index contributed by atoms with van der Waals surface area (Å²) in [4.78, 5) is 15.6. The number of hydrogen-bond acceptors (Lipinski definition) is 2. The first-order valence-electron chi connectivity index (χ1n) is 4.27. The predicted octanol–water partition coefficient (Wildman–Crippen LogP) is 1.42. The Balaban J connectivity index is 2.92. The normalized spacial score (nSPS) is 10.5. The van der Waals surface area contributed by atoms with Crippen LogP contribution in [0, 0.1) is 0 Å². The smallest absolute Gasteiger partial charge is 0.252 e. The lowest BCUT2D eigenvalue weighted by molar-refractivity contribution is 0.750. The van der Waals surface area contributed by atoms with Gasteiger partial charge < -0.3 is 0 Å². The van der Waals surface area contributed by atoms with Crippen LogP contribution in [0.25, 0.3) is 11.0 Å². The molecule has 0 aromatic carbocycles. The SMILES string of the molecule is CCn1c(=O)ccc2cccnc21. The molecule has 0 radical (unpaired) electrons. The van der Waals surface area contributed by atoms with Crippen molar-refractivity contribution in [3.05, 3.63) is 40.8 Å². The average Bonchev–Trinajstić information content (AvgIpc) is 2.18. The van der Waals surface area contributed by atoms with Gasteiger partial charge in [-0.2, -0.15) is 0 Å². The van der Waals surface area contributed by atoms with Crippen molar-refractivity contribution in [1.29, 1.82) is 0 Å². The maximum absolute atomic E-state index is 11.4. The largest absolute Gasteiger partial charge is 0.293 e. The summed E-state index contributed by atoms with van der Waals surface area (Å²) in [6.45, 7) is 2.60. The van der Waals surface area contributed by atoms with Crippen molar-refractivity contribution in [1.82, 2.24) is 9.55 Å².